The highest BCUT2D eigenvalue weighted by molar-refractivity contribution is 6.06. The maximum Gasteiger partial charge on any atom is 0.258 e. The molecule has 0 atom stereocenters. The Morgan fingerprint density at radius 1 is 1.07 bits per heavy atom. The number of para-hydroxylation sites is 2. The fourth-order valence-electron chi connectivity index (χ4n) is 3.83. The zero-order valence-electron chi connectivity index (χ0n) is 16.8. The summed E-state index contributed by atoms with van der Waals surface area (Å²) < 4.78 is 3.67. The summed E-state index contributed by atoms with van der Waals surface area (Å²) >= 11 is 0. The summed E-state index contributed by atoms with van der Waals surface area (Å²) in [6.45, 7) is 4.73. The van der Waals surface area contributed by atoms with E-state index in [1.807, 2.05) is 36.4 Å². The number of hydrogen-bond donors (Lipinski definition) is 1. The summed E-state index contributed by atoms with van der Waals surface area (Å²) in [7, 11) is 1.66. The number of carbonyl (C=O) groups is 1. The first kappa shape index (κ1) is 18.9. The van der Waals surface area contributed by atoms with Gasteiger partial charge >= 0.3 is 0 Å². The zero-order chi connectivity index (χ0) is 20.5. The molecule has 1 amide bonds. The summed E-state index contributed by atoms with van der Waals surface area (Å²) in [4.78, 5) is 29.9. The largest absolute Gasteiger partial charge is 0.352 e. The Labute approximate surface area is 168 Å². The number of amides is 1. The number of hydrogen-bond acceptors (Lipinski definition) is 3. The molecule has 2 aromatic heterocycles. The van der Waals surface area contributed by atoms with Crippen molar-refractivity contribution < 1.29 is 4.79 Å². The first-order valence-corrected chi connectivity index (χ1v) is 9.80. The van der Waals surface area contributed by atoms with Crippen molar-refractivity contribution in [2.45, 2.75) is 26.3 Å². The molecule has 6 nitrogen and oxygen atoms in total. The number of pyridine rings is 1. The fraction of sp³-hybridized carbons (Fsp3) is 0.261. The van der Waals surface area contributed by atoms with Crippen LogP contribution in [0.3, 0.4) is 0 Å². The van der Waals surface area contributed by atoms with Crippen molar-refractivity contribution in [1.82, 2.24) is 19.4 Å². The molecular formula is C23H24N4O2. The smallest absolute Gasteiger partial charge is 0.258 e. The Bertz CT molecular complexity index is 1270. The van der Waals surface area contributed by atoms with Crippen molar-refractivity contribution in [3.8, 4) is 0 Å². The van der Waals surface area contributed by atoms with Gasteiger partial charge in [-0.3, -0.25) is 9.59 Å². The number of imidazole rings is 1. The molecule has 1 N–H and O–H groups in total. The number of fused-ring (bicyclic) bond motifs is 2. The van der Waals surface area contributed by atoms with Gasteiger partial charge in [0.15, 0.2) is 0 Å². The molecule has 0 aliphatic carbocycles. The van der Waals surface area contributed by atoms with Crippen LogP contribution in [0.15, 0.2) is 59.5 Å². The van der Waals surface area contributed by atoms with E-state index in [4.69, 9.17) is 4.98 Å². The van der Waals surface area contributed by atoms with Gasteiger partial charge in [0.1, 0.15) is 5.82 Å². The van der Waals surface area contributed by atoms with Gasteiger partial charge in [-0.25, -0.2) is 4.98 Å². The van der Waals surface area contributed by atoms with E-state index in [1.165, 1.54) is 4.57 Å². The Kier molecular flexibility index (Phi) is 4.92. The highest BCUT2D eigenvalue weighted by atomic mass is 16.2. The molecule has 0 aliphatic heterocycles. The second-order valence-electron chi connectivity index (χ2n) is 7.49. The van der Waals surface area contributed by atoms with Gasteiger partial charge in [0.05, 0.1) is 16.6 Å². The van der Waals surface area contributed by atoms with E-state index in [0.29, 0.717) is 29.3 Å². The lowest BCUT2D eigenvalue weighted by atomic mass is 10.1. The third-order valence-corrected chi connectivity index (χ3v) is 5.15. The van der Waals surface area contributed by atoms with Gasteiger partial charge < -0.3 is 14.5 Å². The summed E-state index contributed by atoms with van der Waals surface area (Å²) in [5.74, 6) is 0.760. The van der Waals surface area contributed by atoms with Crippen LogP contribution in [0.2, 0.25) is 0 Å². The number of carbonyl (C=O) groups excluding carboxylic acids is 1. The van der Waals surface area contributed by atoms with Crippen molar-refractivity contribution in [2.24, 2.45) is 7.05 Å². The van der Waals surface area contributed by atoms with Gasteiger partial charge in [-0.15, -0.1) is 0 Å². The lowest BCUT2D eigenvalue weighted by Gasteiger charge is -2.14. The molecule has 0 saturated carbocycles. The zero-order valence-corrected chi connectivity index (χ0v) is 16.8. The fourth-order valence-corrected chi connectivity index (χ4v) is 3.83. The van der Waals surface area contributed by atoms with Crippen LogP contribution < -0.4 is 10.9 Å². The van der Waals surface area contributed by atoms with Crippen LogP contribution in [0.4, 0.5) is 0 Å². The topological polar surface area (TPSA) is 68.9 Å². The van der Waals surface area contributed by atoms with Gasteiger partial charge in [0.2, 0.25) is 0 Å². The van der Waals surface area contributed by atoms with Crippen LogP contribution in [-0.4, -0.2) is 26.6 Å². The van der Waals surface area contributed by atoms with Gasteiger partial charge in [-0.2, -0.15) is 0 Å². The van der Waals surface area contributed by atoms with Crippen LogP contribution in [0, 0.1) is 0 Å². The van der Waals surface area contributed by atoms with E-state index in [1.54, 1.807) is 19.3 Å². The highest BCUT2D eigenvalue weighted by Crippen LogP contribution is 2.21. The number of aryl methyl sites for hydroxylation is 1. The number of nitrogens with zero attached hydrogens (tertiary/aromatic N) is 3. The Morgan fingerprint density at radius 3 is 2.52 bits per heavy atom. The van der Waals surface area contributed by atoms with E-state index in [-0.39, 0.29) is 17.5 Å². The molecule has 4 aromatic rings. The second-order valence-corrected chi connectivity index (χ2v) is 7.49. The van der Waals surface area contributed by atoms with Gasteiger partial charge in [0.25, 0.3) is 11.5 Å². The second kappa shape index (κ2) is 7.54. The third-order valence-electron chi connectivity index (χ3n) is 5.15. The van der Waals surface area contributed by atoms with E-state index >= 15 is 0 Å². The summed E-state index contributed by atoms with van der Waals surface area (Å²) in [5, 5.41) is 4.20. The minimum atomic E-state index is -0.191. The monoisotopic (exact) mass is 388 g/mol. The van der Waals surface area contributed by atoms with Crippen molar-refractivity contribution >= 4 is 27.7 Å². The predicted octanol–water partition coefficient (Wildman–Crippen LogP) is 3.44. The van der Waals surface area contributed by atoms with Crippen LogP contribution in [0.25, 0.3) is 21.8 Å². The van der Waals surface area contributed by atoms with E-state index < -0.39 is 0 Å². The van der Waals surface area contributed by atoms with Gasteiger partial charge in [-0.1, -0.05) is 30.3 Å². The molecule has 6 heteroatoms. The molecular weight excluding hydrogens is 364 g/mol. The lowest BCUT2D eigenvalue weighted by Crippen LogP contribution is -2.29. The number of rotatable bonds is 5. The Hall–Kier alpha value is -3.41. The molecule has 0 bridgehead atoms. The Balaban J connectivity index is 1.57. The molecule has 148 valence electrons. The maximum absolute atomic E-state index is 12.8. The normalized spacial score (nSPS) is 11.4. The first-order valence-electron chi connectivity index (χ1n) is 9.80. The molecule has 0 saturated heterocycles. The summed E-state index contributed by atoms with van der Waals surface area (Å²) in [5.41, 5.74) is 2.46. The van der Waals surface area contributed by atoms with Gasteiger partial charge in [0, 0.05) is 43.0 Å². The minimum Gasteiger partial charge on any atom is -0.352 e. The number of aromatic nitrogens is 3. The van der Waals surface area contributed by atoms with Crippen molar-refractivity contribution in [1.29, 1.82) is 0 Å². The van der Waals surface area contributed by atoms with Crippen molar-refractivity contribution in [3.05, 3.63) is 76.5 Å². The van der Waals surface area contributed by atoms with Crippen LogP contribution >= 0.6 is 0 Å². The van der Waals surface area contributed by atoms with E-state index in [2.05, 4.69) is 29.8 Å². The van der Waals surface area contributed by atoms with E-state index in [9.17, 15) is 9.59 Å². The molecule has 0 unspecified atom stereocenters. The standard InChI is InChI=1S/C23H24N4O2/c1-15(2)27-20-11-7-6-10-19(20)25-21(27)12-13-24-22(28)18-14-26(3)23(29)17-9-5-4-8-16(17)18/h4-11,14-15H,12-13H2,1-3H3,(H,24,28). The third kappa shape index (κ3) is 3.42. The first-order chi connectivity index (χ1) is 14.0. The average Bonchev–Trinajstić information content (AvgIpc) is 3.09. The Morgan fingerprint density at radius 2 is 1.76 bits per heavy atom. The van der Waals surface area contributed by atoms with Crippen LogP contribution in [-0.2, 0) is 13.5 Å². The maximum atomic E-state index is 12.8. The molecule has 2 aromatic carbocycles. The molecule has 4 rings (SSSR count). The number of benzene rings is 2. The highest BCUT2D eigenvalue weighted by Gasteiger charge is 2.15. The molecule has 0 spiro atoms. The van der Waals surface area contributed by atoms with E-state index in [0.717, 1.165) is 16.9 Å². The van der Waals surface area contributed by atoms with Crippen molar-refractivity contribution in [3.63, 3.8) is 0 Å². The quantitative estimate of drug-likeness (QED) is 0.569. The summed E-state index contributed by atoms with van der Waals surface area (Å²) in [6, 6.07) is 15.6. The molecule has 0 radical (unpaired) electrons. The predicted molar refractivity (Wildman–Crippen MR) is 115 cm³/mol. The molecule has 29 heavy (non-hydrogen) atoms. The molecule has 0 aliphatic rings. The van der Waals surface area contributed by atoms with Crippen molar-refractivity contribution in [2.75, 3.05) is 6.54 Å². The van der Waals surface area contributed by atoms with Gasteiger partial charge in [-0.05, 0) is 32.0 Å². The molecule has 0 fully saturated rings. The van der Waals surface area contributed by atoms with Crippen LogP contribution in [0.1, 0.15) is 36.1 Å². The average molecular weight is 388 g/mol. The SMILES string of the molecule is CC(C)n1c(CCNC(=O)c2cn(C)c(=O)c3ccccc23)nc2ccccc21. The lowest BCUT2D eigenvalue weighted by molar-refractivity contribution is 0.0955. The molecule has 2 heterocycles. The number of nitrogens with one attached hydrogen (secondary N) is 1. The minimum absolute atomic E-state index is 0.109. The van der Waals surface area contributed by atoms with Crippen LogP contribution in [0.5, 0.6) is 0 Å². The summed E-state index contributed by atoms with van der Waals surface area (Å²) in [6.07, 6.45) is 2.23.